The molecule has 0 atom stereocenters. The van der Waals surface area contributed by atoms with Crippen LogP contribution in [0, 0.1) is 0 Å². The van der Waals surface area contributed by atoms with Crippen LogP contribution in [0.15, 0.2) is 105 Å². The van der Waals surface area contributed by atoms with Crippen LogP contribution in [0.2, 0.25) is 10.6 Å². The zero-order chi connectivity index (χ0) is 32.8. The van der Waals surface area contributed by atoms with Crippen LogP contribution < -0.4 is 0 Å². The highest BCUT2D eigenvalue weighted by Crippen LogP contribution is 2.46. The molecule has 6 aromatic rings. The molecule has 0 spiro atoms. The molecule has 46 heavy (non-hydrogen) atoms. The first-order valence-electron chi connectivity index (χ1n) is 12.8. The van der Waals surface area contributed by atoms with Gasteiger partial charge in [-0.05, 0) is 58.9 Å². The quantitative estimate of drug-likeness (QED) is 0.122. The summed E-state index contributed by atoms with van der Waals surface area (Å²) < 4.78 is 70.7. The molecule has 6 rings (SSSR count). The van der Waals surface area contributed by atoms with E-state index >= 15 is 0 Å². The Hall–Kier alpha value is -4.84. The number of hydrogen-bond acceptors (Lipinski definition) is 11. The molecule has 0 aliphatic carbocycles. The van der Waals surface area contributed by atoms with Crippen molar-refractivity contribution in [3.05, 3.63) is 95.5 Å². The third-order valence-corrected chi connectivity index (χ3v) is 8.57. The molecule has 3 N–H and O–H groups in total. The highest BCUT2D eigenvalue weighted by atomic mass is 35.5. The van der Waals surface area contributed by atoms with E-state index in [2.05, 4.69) is 30.3 Å². The summed E-state index contributed by atoms with van der Waals surface area (Å²) in [7, 11) is -10.0. The number of benzene rings is 4. The minimum atomic E-state index is -5.12. The maximum atomic E-state index is 12.6. The van der Waals surface area contributed by atoms with E-state index in [0.717, 1.165) is 23.8 Å². The predicted octanol–water partition coefficient (Wildman–Crippen LogP) is 6.47. The summed E-state index contributed by atoms with van der Waals surface area (Å²) in [6.45, 7) is 0. The van der Waals surface area contributed by atoms with Gasteiger partial charge in [-0.2, -0.15) is 36.9 Å². The molecule has 2 aromatic heterocycles. The molecular formula is C28H17Cl2N7O7S2. The van der Waals surface area contributed by atoms with Gasteiger partial charge in [-0.1, -0.05) is 48.5 Å². The van der Waals surface area contributed by atoms with E-state index in [4.69, 9.17) is 23.2 Å². The van der Waals surface area contributed by atoms with E-state index in [9.17, 15) is 31.0 Å². The molecule has 4 aromatic carbocycles. The summed E-state index contributed by atoms with van der Waals surface area (Å²) in [5.41, 5.74) is 0.853. The van der Waals surface area contributed by atoms with E-state index < -0.39 is 52.0 Å². The van der Waals surface area contributed by atoms with Gasteiger partial charge in [0.05, 0.1) is 16.3 Å². The fourth-order valence-electron chi connectivity index (χ4n) is 4.58. The van der Waals surface area contributed by atoms with Gasteiger partial charge in [0.1, 0.15) is 10.6 Å². The average molecular weight is 699 g/mol. The van der Waals surface area contributed by atoms with Gasteiger partial charge in [0.2, 0.25) is 10.6 Å². The Balaban J connectivity index is 1.63. The van der Waals surface area contributed by atoms with Gasteiger partial charge in [0, 0.05) is 22.6 Å². The van der Waals surface area contributed by atoms with Gasteiger partial charge in [-0.25, -0.2) is 4.68 Å². The number of aromatic nitrogens is 5. The number of phenolic OH excluding ortho intramolecular Hbond substituents is 1. The standard InChI is InChI=1S/C28H17Cl2N7O7S2/c29-27-31-26(32-28(30)33-27)19-13-18(45(39,40)41)11-16-12-21(46(42,43)44)24(25(38)23(16)19)35-34-22-14-20(15-7-3-1-4-8-15)36-37(22)17-9-5-2-6-10-17/h1-14,38H,(H,39,40,41)(H,42,43,44). The first-order chi connectivity index (χ1) is 21.8. The zero-order valence-corrected chi connectivity index (χ0v) is 25.9. The maximum Gasteiger partial charge on any atom is 0.296 e. The lowest BCUT2D eigenvalue weighted by Crippen LogP contribution is -2.03. The molecule has 0 aliphatic rings. The Labute approximate surface area is 270 Å². The number of para-hydroxylation sites is 1. The smallest absolute Gasteiger partial charge is 0.296 e. The van der Waals surface area contributed by atoms with Crippen molar-refractivity contribution in [2.75, 3.05) is 0 Å². The highest BCUT2D eigenvalue weighted by molar-refractivity contribution is 7.86. The highest BCUT2D eigenvalue weighted by Gasteiger charge is 2.27. The van der Waals surface area contributed by atoms with Gasteiger partial charge in [-0.15, -0.1) is 10.2 Å². The number of halogens is 2. The Bertz CT molecular complexity index is 2390. The summed E-state index contributed by atoms with van der Waals surface area (Å²) in [5, 5.41) is 23.1. The number of phenols is 1. The van der Waals surface area contributed by atoms with Crippen LogP contribution in [0.5, 0.6) is 5.75 Å². The van der Waals surface area contributed by atoms with Gasteiger partial charge < -0.3 is 5.11 Å². The number of aromatic hydroxyl groups is 1. The van der Waals surface area contributed by atoms with E-state index in [-0.39, 0.29) is 28.0 Å². The van der Waals surface area contributed by atoms with Crippen molar-refractivity contribution in [1.82, 2.24) is 24.7 Å². The number of hydrogen-bond donors (Lipinski definition) is 3. The molecule has 14 nitrogen and oxygen atoms in total. The number of azo groups is 1. The summed E-state index contributed by atoms with van der Waals surface area (Å²) in [6.07, 6.45) is 0. The average Bonchev–Trinajstić information content (AvgIpc) is 3.44. The normalized spacial score (nSPS) is 12.3. The van der Waals surface area contributed by atoms with Crippen molar-refractivity contribution in [1.29, 1.82) is 0 Å². The molecular weight excluding hydrogens is 681 g/mol. The lowest BCUT2D eigenvalue weighted by Gasteiger charge is -2.13. The van der Waals surface area contributed by atoms with Crippen molar-refractivity contribution < 1.29 is 31.0 Å². The van der Waals surface area contributed by atoms with Crippen LogP contribution in [0.3, 0.4) is 0 Å². The molecule has 0 bridgehead atoms. The minimum Gasteiger partial charge on any atom is -0.505 e. The Kier molecular flexibility index (Phi) is 8.01. The number of nitrogens with zero attached hydrogens (tertiary/aromatic N) is 7. The fourth-order valence-corrected chi connectivity index (χ4v) is 6.14. The van der Waals surface area contributed by atoms with Gasteiger partial charge >= 0.3 is 0 Å². The first-order valence-corrected chi connectivity index (χ1v) is 16.4. The van der Waals surface area contributed by atoms with Crippen LogP contribution in [0.4, 0.5) is 11.5 Å². The summed E-state index contributed by atoms with van der Waals surface area (Å²) in [5.74, 6) is -1.09. The zero-order valence-electron chi connectivity index (χ0n) is 22.8. The van der Waals surface area contributed by atoms with E-state index in [0.29, 0.717) is 11.4 Å². The second-order valence-electron chi connectivity index (χ2n) is 9.49. The van der Waals surface area contributed by atoms with Gasteiger partial charge in [-0.3, -0.25) is 9.11 Å². The van der Waals surface area contributed by atoms with Crippen LogP contribution >= 0.6 is 23.2 Å². The molecule has 0 aliphatic heterocycles. The molecule has 232 valence electrons. The fraction of sp³-hybridized carbons (Fsp3) is 0. The largest absolute Gasteiger partial charge is 0.505 e. The Morgan fingerprint density at radius 1 is 0.739 bits per heavy atom. The van der Waals surface area contributed by atoms with Crippen molar-refractivity contribution in [2.45, 2.75) is 9.79 Å². The Morgan fingerprint density at radius 3 is 1.98 bits per heavy atom. The Morgan fingerprint density at radius 2 is 1.37 bits per heavy atom. The third kappa shape index (κ3) is 6.17. The third-order valence-electron chi connectivity index (χ3n) is 6.53. The lowest BCUT2D eigenvalue weighted by molar-refractivity contribution is 0.472. The second-order valence-corrected chi connectivity index (χ2v) is 13.0. The van der Waals surface area contributed by atoms with Gasteiger partial charge in [0.15, 0.2) is 17.4 Å². The molecule has 0 fully saturated rings. The summed E-state index contributed by atoms with van der Waals surface area (Å²) in [4.78, 5) is 9.84. The molecule has 0 amide bonds. The van der Waals surface area contributed by atoms with Crippen LogP contribution in [-0.2, 0) is 20.2 Å². The van der Waals surface area contributed by atoms with Crippen molar-refractivity contribution in [2.24, 2.45) is 10.2 Å². The molecule has 2 heterocycles. The van der Waals surface area contributed by atoms with Gasteiger partial charge in [0.25, 0.3) is 20.2 Å². The van der Waals surface area contributed by atoms with E-state index in [1.807, 2.05) is 30.3 Å². The first kappa shape index (κ1) is 31.2. The minimum absolute atomic E-state index is 0.115. The van der Waals surface area contributed by atoms with E-state index in [1.165, 1.54) is 4.68 Å². The van der Waals surface area contributed by atoms with Crippen LogP contribution in [0.1, 0.15) is 0 Å². The molecule has 0 saturated heterocycles. The topological polar surface area (TPSA) is 210 Å². The lowest BCUT2D eigenvalue weighted by atomic mass is 10.0. The summed E-state index contributed by atoms with van der Waals surface area (Å²) >= 11 is 11.9. The summed E-state index contributed by atoms with van der Waals surface area (Å²) in [6, 6.07) is 22.2. The molecule has 18 heteroatoms. The van der Waals surface area contributed by atoms with Crippen LogP contribution in [-0.4, -0.2) is 55.8 Å². The maximum absolute atomic E-state index is 12.6. The molecule has 0 saturated carbocycles. The van der Waals surface area contributed by atoms with E-state index in [1.54, 1.807) is 36.4 Å². The predicted molar refractivity (Wildman–Crippen MR) is 167 cm³/mol. The van der Waals surface area contributed by atoms with Crippen molar-refractivity contribution >= 4 is 65.7 Å². The van der Waals surface area contributed by atoms with Crippen LogP contribution in [0.25, 0.3) is 39.1 Å². The van der Waals surface area contributed by atoms with Crippen molar-refractivity contribution in [3.8, 4) is 34.1 Å². The SMILES string of the molecule is O=S(=O)(O)c1cc(-c2nc(Cl)nc(Cl)n2)c2c(O)c(N=Nc3cc(-c4ccccc4)nn3-c3ccccc3)c(S(=O)(=O)O)cc2c1. The number of fused-ring (bicyclic) bond motifs is 1. The monoisotopic (exact) mass is 697 g/mol. The molecule has 0 unspecified atom stereocenters. The second kappa shape index (κ2) is 11.8. The molecule has 0 radical (unpaired) electrons. The van der Waals surface area contributed by atoms with Crippen molar-refractivity contribution in [3.63, 3.8) is 0 Å². The number of rotatable bonds is 7.